The summed E-state index contributed by atoms with van der Waals surface area (Å²) >= 11 is 0. The van der Waals surface area contributed by atoms with E-state index in [1.54, 1.807) is 10.6 Å². The van der Waals surface area contributed by atoms with Gasteiger partial charge in [0.25, 0.3) is 5.56 Å². The maximum Gasteiger partial charge on any atom is 0.255 e. The lowest BCUT2D eigenvalue weighted by Gasteiger charge is -2.07. The molecule has 0 aliphatic rings. The summed E-state index contributed by atoms with van der Waals surface area (Å²) < 4.78 is 1.65. The smallest absolute Gasteiger partial charge is 0.255 e. The summed E-state index contributed by atoms with van der Waals surface area (Å²) in [7, 11) is 0. The van der Waals surface area contributed by atoms with Crippen LogP contribution in [0.1, 0.15) is 0 Å². The van der Waals surface area contributed by atoms with Crippen molar-refractivity contribution in [1.29, 1.82) is 0 Å². The molecule has 0 aliphatic heterocycles. The van der Waals surface area contributed by atoms with Gasteiger partial charge < -0.3 is 0 Å². The molecule has 0 radical (unpaired) electrons. The third-order valence-electron chi connectivity index (χ3n) is 3.06. The zero-order valence-electron chi connectivity index (χ0n) is 10.4. The van der Waals surface area contributed by atoms with Gasteiger partial charge in [0.2, 0.25) is 0 Å². The Labute approximate surface area is 111 Å². The molecule has 0 amide bonds. The highest BCUT2D eigenvalue weighted by molar-refractivity contribution is 5.62. The molecule has 0 spiro atoms. The van der Waals surface area contributed by atoms with Gasteiger partial charge in [0.1, 0.15) is 0 Å². The number of nitrogens with zero attached hydrogens (tertiary/aromatic N) is 1. The summed E-state index contributed by atoms with van der Waals surface area (Å²) in [6.07, 6.45) is 1.82. The fraction of sp³-hybridized carbons (Fsp3) is 0. The fourth-order valence-corrected chi connectivity index (χ4v) is 2.09. The van der Waals surface area contributed by atoms with Gasteiger partial charge >= 0.3 is 0 Å². The van der Waals surface area contributed by atoms with Crippen LogP contribution in [0.5, 0.6) is 0 Å². The number of para-hydroxylation sites is 1. The van der Waals surface area contributed by atoms with Crippen molar-refractivity contribution < 1.29 is 0 Å². The van der Waals surface area contributed by atoms with E-state index >= 15 is 0 Å². The maximum absolute atomic E-state index is 12.2. The van der Waals surface area contributed by atoms with E-state index in [1.165, 1.54) is 0 Å². The summed E-state index contributed by atoms with van der Waals surface area (Å²) in [6.45, 7) is 0. The first kappa shape index (κ1) is 11.5. The molecule has 19 heavy (non-hydrogen) atoms. The van der Waals surface area contributed by atoms with Gasteiger partial charge in [-0.15, -0.1) is 0 Å². The molecule has 3 rings (SSSR count). The van der Waals surface area contributed by atoms with Gasteiger partial charge in [-0.1, -0.05) is 48.5 Å². The predicted octanol–water partition coefficient (Wildman–Crippen LogP) is 3.50. The molecule has 0 saturated carbocycles. The van der Waals surface area contributed by atoms with Crippen LogP contribution in [-0.4, -0.2) is 4.57 Å². The highest BCUT2D eigenvalue weighted by Gasteiger charge is 2.02. The molecule has 2 nitrogen and oxygen atoms in total. The van der Waals surface area contributed by atoms with Crippen molar-refractivity contribution in [2.45, 2.75) is 0 Å². The van der Waals surface area contributed by atoms with Crippen LogP contribution in [0, 0.1) is 0 Å². The topological polar surface area (TPSA) is 22.0 Å². The normalized spacial score (nSPS) is 10.3. The monoisotopic (exact) mass is 247 g/mol. The standard InChI is InChI=1S/C17H13NO/c19-17-13-15(14-7-3-1-4-8-14)11-12-18(17)16-9-5-2-6-10-16/h1-13H. The lowest BCUT2D eigenvalue weighted by molar-refractivity contribution is 0.992. The highest BCUT2D eigenvalue weighted by atomic mass is 16.1. The second kappa shape index (κ2) is 4.94. The lowest BCUT2D eigenvalue weighted by atomic mass is 10.1. The minimum atomic E-state index is -0.0208. The number of hydrogen-bond acceptors (Lipinski definition) is 1. The molecule has 0 saturated heterocycles. The van der Waals surface area contributed by atoms with Crippen LogP contribution in [0.4, 0.5) is 0 Å². The average Bonchev–Trinajstić information content (AvgIpc) is 2.49. The molecule has 0 atom stereocenters. The molecule has 2 heteroatoms. The largest absolute Gasteiger partial charge is 0.284 e. The zero-order chi connectivity index (χ0) is 13.1. The van der Waals surface area contributed by atoms with Crippen molar-refractivity contribution in [3.05, 3.63) is 89.3 Å². The molecule has 0 aliphatic carbocycles. The molecule has 1 aromatic heterocycles. The van der Waals surface area contributed by atoms with Crippen LogP contribution in [0.15, 0.2) is 83.8 Å². The van der Waals surface area contributed by atoms with Crippen LogP contribution in [0.3, 0.4) is 0 Å². The number of pyridine rings is 1. The SMILES string of the molecule is O=c1cc(-c2ccccc2)ccn1-c1ccccc1. The first-order chi connectivity index (χ1) is 9.34. The van der Waals surface area contributed by atoms with Crippen molar-refractivity contribution in [2.24, 2.45) is 0 Å². The van der Waals surface area contributed by atoms with E-state index in [9.17, 15) is 4.79 Å². The van der Waals surface area contributed by atoms with Gasteiger partial charge in [0.15, 0.2) is 0 Å². The van der Waals surface area contributed by atoms with E-state index in [4.69, 9.17) is 0 Å². The summed E-state index contributed by atoms with van der Waals surface area (Å²) in [5.41, 5.74) is 2.86. The molecule has 1 heterocycles. The molecule has 2 aromatic carbocycles. The van der Waals surface area contributed by atoms with Gasteiger partial charge in [-0.2, -0.15) is 0 Å². The molecular formula is C17H13NO. The second-order valence-corrected chi connectivity index (χ2v) is 4.33. The van der Waals surface area contributed by atoms with Crippen LogP contribution < -0.4 is 5.56 Å². The Morgan fingerprint density at radius 1 is 0.684 bits per heavy atom. The summed E-state index contributed by atoms with van der Waals surface area (Å²) in [5.74, 6) is 0. The molecule has 0 fully saturated rings. The number of hydrogen-bond donors (Lipinski definition) is 0. The van der Waals surface area contributed by atoms with Gasteiger partial charge in [0.05, 0.1) is 0 Å². The van der Waals surface area contributed by atoms with E-state index in [-0.39, 0.29) is 5.56 Å². The quantitative estimate of drug-likeness (QED) is 0.679. The number of aromatic nitrogens is 1. The Balaban J connectivity index is 2.07. The van der Waals surface area contributed by atoms with E-state index in [2.05, 4.69) is 0 Å². The van der Waals surface area contributed by atoms with E-state index in [0.29, 0.717) is 0 Å². The van der Waals surface area contributed by atoms with Crippen molar-refractivity contribution >= 4 is 0 Å². The van der Waals surface area contributed by atoms with Crippen molar-refractivity contribution in [3.8, 4) is 16.8 Å². The Morgan fingerprint density at radius 2 is 1.32 bits per heavy atom. The molecule has 92 valence electrons. The molecule has 0 unspecified atom stereocenters. The Morgan fingerprint density at radius 3 is 1.95 bits per heavy atom. The van der Waals surface area contributed by atoms with Gasteiger partial charge in [-0.05, 0) is 29.3 Å². The van der Waals surface area contributed by atoms with Crippen LogP contribution in [-0.2, 0) is 0 Å². The van der Waals surface area contributed by atoms with Gasteiger partial charge in [-0.3, -0.25) is 9.36 Å². The first-order valence-corrected chi connectivity index (χ1v) is 6.18. The van der Waals surface area contributed by atoms with Crippen molar-refractivity contribution in [1.82, 2.24) is 4.57 Å². The molecular weight excluding hydrogens is 234 g/mol. The summed E-state index contributed by atoms with van der Waals surface area (Å²) in [6, 6.07) is 23.2. The minimum Gasteiger partial charge on any atom is -0.284 e. The summed E-state index contributed by atoms with van der Waals surface area (Å²) in [5, 5.41) is 0. The minimum absolute atomic E-state index is 0.0208. The lowest BCUT2D eigenvalue weighted by Crippen LogP contribution is -2.16. The first-order valence-electron chi connectivity index (χ1n) is 6.18. The van der Waals surface area contributed by atoms with E-state index in [1.807, 2.05) is 72.9 Å². The third-order valence-corrected chi connectivity index (χ3v) is 3.06. The van der Waals surface area contributed by atoms with Gasteiger partial charge in [0, 0.05) is 18.0 Å². The number of benzene rings is 2. The van der Waals surface area contributed by atoms with Crippen LogP contribution >= 0.6 is 0 Å². The fourth-order valence-electron chi connectivity index (χ4n) is 2.09. The Bertz CT molecular complexity index is 730. The van der Waals surface area contributed by atoms with Crippen molar-refractivity contribution in [2.75, 3.05) is 0 Å². The Kier molecular flexibility index (Phi) is 2.99. The molecule has 0 N–H and O–H groups in total. The molecule has 3 aromatic rings. The third kappa shape index (κ3) is 2.33. The van der Waals surface area contributed by atoms with Gasteiger partial charge in [-0.25, -0.2) is 0 Å². The predicted molar refractivity (Wildman–Crippen MR) is 77.5 cm³/mol. The maximum atomic E-state index is 12.2. The zero-order valence-corrected chi connectivity index (χ0v) is 10.4. The van der Waals surface area contributed by atoms with Crippen LogP contribution in [0.25, 0.3) is 16.8 Å². The second-order valence-electron chi connectivity index (χ2n) is 4.33. The molecule has 0 bridgehead atoms. The Hall–Kier alpha value is -2.61. The average molecular weight is 247 g/mol. The summed E-state index contributed by atoms with van der Waals surface area (Å²) in [4.78, 5) is 12.2. The van der Waals surface area contributed by atoms with Crippen molar-refractivity contribution in [3.63, 3.8) is 0 Å². The van der Waals surface area contributed by atoms with E-state index < -0.39 is 0 Å². The highest BCUT2D eigenvalue weighted by Crippen LogP contribution is 2.17. The van der Waals surface area contributed by atoms with Crippen LogP contribution in [0.2, 0.25) is 0 Å². The van der Waals surface area contributed by atoms with E-state index in [0.717, 1.165) is 16.8 Å². The number of rotatable bonds is 2.